The summed E-state index contributed by atoms with van der Waals surface area (Å²) in [7, 11) is -4.19. The molecule has 0 saturated carbocycles. The standard InChI is InChI=1S/C17H15ClF3N3O4S/c18-14-3-2-12(9-13(14)17(19,20)21)29(27,28)24-7-5-23(6-8-24)16(26)11-1-4-15(25)22-10-11/h1-4,9-10H,5-8H2,(H,22,25). The van der Waals surface area contributed by atoms with E-state index in [1.807, 2.05) is 0 Å². The maximum atomic E-state index is 13.0. The smallest absolute Gasteiger partial charge is 0.336 e. The Balaban J connectivity index is 1.75. The Labute approximate surface area is 168 Å². The molecular weight excluding hydrogens is 435 g/mol. The number of nitrogens with zero attached hydrogens (tertiary/aromatic N) is 2. The van der Waals surface area contributed by atoms with Gasteiger partial charge < -0.3 is 9.88 Å². The van der Waals surface area contributed by atoms with Crippen LogP contribution in [-0.4, -0.2) is 54.7 Å². The number of benzene rings is 1. The number of nitrogens with one attached hydrogen (secondary N) is 1. The zero-order chi connectivity index (χ0) is 21.4. The Kier molecular flexibility index (Phi) is 5.74. The molecule has 0 spiro atoms. The van der Waals surface area contributed by atoms with Crippen molar-refractivity contribution >= 4 is 27.5 Å². The van der Waals surface area contributed by atoms with E-state index in [4.69, 9.17) is 11.6 Å². The number of H-pyrrole nitrogens is 1. The van der Waals surface area contributed by atoms with Gasteiger partial charge in [0.05, 0.1) is 21.0 Å². The fourth-order valence-corrected chi connectivity index (χ4v) is 4.56. The molecule has 0 unspecified atom stereocenters. The van der Waals surface area contributed by atoms with Gasteiger partial charge in [0.15, 0.2) is 0 Å². The molecule has 0 bridgehead atoms. The fraction of sp³-hybridized carbons (Fsp3) is 0.294. The quantitative estimate of drug-likeness (QED) is 0.777. The third kappa shape index (κ3) is 4.46. The van der Waals surface area contributed by atoms with E-state index in [0.29, 0.717) is 6.07 Å². The molecule has 1 fully saturated rings. The molecule has 29 heavy (non-hydrogen) atoms. The Morgan fingerprint density at radius 2 is 1.72 bits per heavy atom. The molecule has 0 radical (unpaired) electrons. The summed E-state index contributed by atoms with van der Waals surface area (Å²) in [6, 6.07) is 4.98. The number of amides is 1. The minimum absolute atomic E-state index is 0.0525. The zero-order valence-corrected chi connectivity index (χ0v) is 16.3. The van der Waals surface area contributed by atoms with Crippen molar-refractivity contribution < 1.29 is 26.4 Å². The molecule has 1 amide bonds. The second-order valence-corrected chi connectivity index (χ2v) is 8.62. The van der Waals surface area contributed by atoms with E-state index < -0.39 is 31.7 Å². The van der Waals surface area contributed by atoms with Gasteiger partial charge >= 0.3 is 6.18 Å². The van der Waals surface area contributed by atoms with Gasteiger partial charge in [-0.05, 0) is 24.3 Å². The van der Waals surface area contributed by atoms with E-state index in [1.54, 1.807) is 0 Å². The topological polar surface area (TPSA) is 90.6 Å². The maximum Gasteiger partial charge on any atom is 0.417 e. The molecule has 12 heteroatoms. The van der Waals surface area contributed by atoms with Crippen LogP contribution in [0.4, 0.5) is 13.2 Å². The molecule has 7 nitrogen and oxygen atoms in total. The number of halogens is 4. The van der Waals surface area contributed by atoms with Crippen LogP contribution in [0, 0.1) is 0 Å². The highest BCUT2D eigenvalue weighted by Gasteiger charge is 2.36. The Morgan fingerprint density at radius 3 is 2.28 bits per heavy atom. The van der Waals surface area contributed by atoms with Crippen LogP contribution in [0.1, 0.15) is 15.9 Å². The van der Waals surface area contributed by atoms with Crippen LogP contribution in [0.3, 0.4) is 0 Å². The zero-order valence-electron chi connectivity index (χ0n) is 14.7. The van der Waals surface area contributed by atoms with Crippen molar-refractivity contribution in [2.45, 2.75) is 11.1 Å². The van der Waals surface area contributed by atoms with Gasteiger partial charge in [-0.2, -0.15) is 17.5 Å². The monoisotopic (exact) mass is 449 g/mol. The molecule has 1 saturated heterocycles. The van der Waals surface area contributed by atoms with E-state index >= 15 is 0 Å². The highest BCUT2D eigenvalue weighted by Crippen LogP contribution is 2.36. The number of piperazine rings is 1. The lowest BCUT2D eigenvalue weighted by Crippen LogP contribution is -2.50. The third-order valence-electron chi connectivity index (χ3n) is 4.44. The van der Waals surface area contributed by atoms with Crippen molar-refractivity contribution in [1.82, 2.24) is 14.2 Å². The average Bonchev–Trinajstić information content (AvgIpc) is 2.67. The van der Waals surface area contributed by atoms with Crippen LogP contribution in [0.2, 0.25) is 5.02 Å². The van der Waals surface area contributed by atoms with Crippen molar-refractivity contribution in [3.05, 3.63) is 63.0 Å². The number of rotatable bonds is 3. The van der Waals surface area contributed by atoms with Crippen molar-refractivity contribution in [3.8, 4) is 0 Å². The number of sulfonamides is 1. The van der Waals surface area contributed by atoms with Gasteiger partial charge in [0.25, 0.3) is 5.91 Å². The van der Waals surface area contributed by atoms with Crippen molar-refractivity contribution in [2.24, 2.45) is 0 Å². The molecule has 3 rings (SSSR count). The molecular formula is C17H15ClF3N3O4S. The van der Waals surface area contributed by atoms with Gasteiger partial charge in [-0.1, -0.05) is 11.6 Å². The highest BCUT2D eigenvalue weighted by molar-refractivity contribution is 7.89. The van der Waals surface area contributed by atoms with E-state index in [9.17, 15) is 31.2 Å². The van der Waals surface area contributed by atoms with E-state index in [0.717, 1.165) is 16.4 Å². The molecule has 2 aromatic rings. The molecule has 0 aliphatic carbocycles. The van der Waals surface area contributed by atoms with Gasteiger partial charge in [0.2, 0.25) is 15.6 Å². The molecule has 0 atom stereocenters. The summed E-state index contributed by atoms with van der Waals surface area (Å²) in [4.78, 5) is 26.8. The predicted molar refractivity (Wildman–Crippen MR) is 98.2 cm³/mol. The van der Waals surface area contributed by atoms with E-state index in [2.05, 4.69) is 4.98 Å². The molecule has 2 heterocycles. The van der Waals surface area contributed by atoms with E-state index in [-0.39, 0.29) is 43.2 Å². The molecule has 1 aromatic carbocycles. The lowest BCUT2D eigenvalue weighted by molar-refractivity contribution is -0.137. The first-order chi connectivity index (χ1) is 13.5. The summed E-state index contributed by atoms with van der Waals surface area (Å²) in [5.74, 6) is -0.385. The SMILES string of the molecule is O=C(c1ccc(=O)[nH]c1)N1CCN(S(=O)(=O)c2ccc(Cl)c(C(F)(F)F)c2)CC1. The fourth-order valence-electron chi connectivity index (χ4n) is 2.89. The number of pyridine rings is 1. The van der Waals surface area contributed by atoms with Gasteiger partial charge in [0, 0.05) is 38.4 Å². The van der Waals surface area contributed by atoms with E-state index in [1.165, 1.54) is 23.2 Å². The number of aromatic amines is 1. The van der Waals surface area contributed by atoms with Crippen LogP contribution in [0.5, 0.6) is 0 Å². The average molecular weight is 450 g/mol. The van der Waals surface area contributed by atoms with Crippen LogP contribution in [0.25, 0.3) is 0 Å². The summed E-state index contributed by atoms with van der Waals surface area (Å²) >= 11 is 5.54. The number of aromatic nitrogens is 1. The first-order valence-corrected chi connectivity index (χ1v) is 10.2. The minimum atomic E-state index is -4.79. The lowest BCUT2D eigenvalue weighted by Gasteiger charge is -2.34. The Morgan fingerprint density at radius 1 is 1.07 bits per heavy atom. The lowest BCUT2D eigenvalue weighted by atomic mass is 10.2. The van der Waals surface area contributed by atoms with Crippen molar-refractivity contribution in [2.75, 3.05) is 26.2 Å². The van der Waals surface area contributed by atoms with Crippen LogP contribution < -0.4 is 5.56 Å². The normalized spacial score (nSPS) is 16.1. The summed E-state index contributed by atoms with van der Waals surface area (Å²) in [5.41, 5.74) is -1.35. The Hall–Kier alpha value is -2.37. The van der Waals surface area contributed by atoms with Crippen LogP contribution >= 0.6 is 11.6 Å². The summed E-state index contributed by atoms with van der Waals surface area (Å²) in [6.45, 7) is -0.0589. The number of carbonyl (C=O) groups excluding carboxylic acids is 1. The van der Waals surface area contributed by atoms with Gasteiger partial charge in [-0.15, -0.1) is 0 Å². The Bertz CT molecular complexity index is 1070. The minimum Gasteiger partial charge on any atom is -0.336 e. The summed E-state index contributed by atoms with van der Waals surface area (Å²) < 4.78 is 65.6. The first kappa shape index (κ1) is 21.3. The number of hydrogen-bond acceptors (Lipinski definition) is 4. The van der Waals surface area contributed by atoms with Gasteiger partial charge in [-0.25, -0.2) is 8.42 Å². The largest absolute Gasteiger partial charge is 0.417 e. The second kappa shape index (κ2) is 7.81. The second-order valence-electron chi connectivity index (χ2n) is 6.28. The predicted octanol–water partition coefficient (Wildman–Crippen LogP) is 2.19. The molecule has 1 aromatic heterocycles. The molecule has 1 aliphatic heterocycles. The maximum absolute atomic E-state index is 13.0. The summed E-state index contributed by atoms with van der Waals surface area (Å²) in [5, 5.41) is -0.590. The van der Waals surface area contributed by atoms with Crippen molar-refractivity contribution in [1.29, 1.82) is 0 Å². The molecule has 1 aliphatic rings. The number of hydrogen-bond donors (Lipinski definition) is 1. The summed E-state index contributed by atoms with van der Waals surface area (Å²) in [6.07, 6.45) is -3.52. The molecule has 156 valence electrons. The third-order valence-corrected chi connectivity index (χ3v) is 6.66. The molecule has 1 N–H and O–H groups in total. The van der Waals surface area contributed by atoms with Gasteiger partial charge in [0.1, 0.15) is 0 Å². The van der Waals surface area contributed by atoms with Gasteiger partial charge in [-0.3, -0.25) is 9.59 Å². The van der Waals surface area contributed by atoms with Crippen LogP contribution in [-0.2, 0) is 16.2 Å². The first-order valence-electron chi connectivity index (χ1n) is 8.35. The number of carbonyl (C=O) groups is 1. The van der Waals surface area contributed by atoms with Crippen LogP contribution in [0.15, 0.2) is 46.2 Å². The number of alkyl halides is 3. The van der Waals surface area contributed by atoms with Crippen molar-refractivity contribution in [3.63, 3.8) is 0 Å². The highest BCUT2D eigenvalue weighted by atomic mass is 35.5.